The van der Waals surface area contributed by atoms with E-state index in [1.54, 1.807) is 0 Å². The zero-order valence-electron chi connectivity index (χ0n) is 22.0. The van der Waals surface area contributed by atoms with Crippen LogP contribution in [0.25, 0.3) is 22.2 Å². The van der Waals surface area contributed by atoms with Crippen LogP contribution < -0.4 is 20.9 Å². The van der Waals surface area contributed by atoms with Crippen LogP contribution in [0.3, 0.4) is 0 Å². The van der Waals surface area contributed by atoms with Gasteiger partial charge in [0.15, 0.2) is 11.3 Å². The number of primary amides is 1. The van der Waals surface area contributed by atoms with Crippen molar-refractivity contribution in [2.24, 2.45) is 11.5 Å². The molecule has 15 heteroatoms. The molecule has 1 aliphatic rings. The van der Waals surface area contributed by atoms with Crippen molar-refractivity contribution in [3.05, 3.63) is 82.9 Å². The molecule has 0 saturated heterocycles. The van der Waals surface area contributed by atoms with Gasteiger partial charge in [0, 0.05) is 34.2 Å². The number of aromatic nitrogens is 2. The number of rotatable bonds is 6. The van der Waals surface area contributed by atoms with E-state index in [2.05, 4.69) is 9.97 Å². The molecule has 2 aromatic heterocycles. The summed E-state index contributed by atoms with van der Waals surface area (Å²) in [6.45, 7) is -1.17. The summed E-state index contributed by atoms with van der Waals surface area (Å²) in [5.41, 5.74) is 0.832. The normalized spacial score (nSPS) is 18.2. The highest BCUT2D eigenvalue weighted by atomic mass is 19.4. The fourth-order valence-electron chi connectivity index (χ4n) is 4.76. The Bertz CT molecular complexity index is 1740. The van der Waals surface area contributed by atoms with E-state index in [0.717, 1.165) is 30.3 Å². The van der Waals surface area contributed by atoms with Crippen molar-refractivity contribution in [3.63, 3.8) is 0 Å². The average Bonchev–Trinajstić information content (AvgIpc) is 3.29. The van der Waals surface area contributed by atoms with Gasteiger partial charge in [-0.05, 0) is 48.5 Å². The number of amides is 1. The lowest BCUT2D eigenvalue weighted by molar-refractivity contribution is -0.268. The first-order chi connectivity index (χ1) is 20.0. The van der Waals surface area contributed by atoms with E-state index in [4.69, 9.17) is 20.9 Å². The Hall–Kier alpha value is -4.50. The number of nitrogens with zero attached hydrogens (tertiary/aromatic N) is 2. The molecule has 2 atom stereocenters. The van der Waals surface area contributed by atoms with E-state index >= 15 is 0 Å². The zero-order chi connectivity index (χ0) is 31.5. The van der Waals surface area contributed by atoms with Gasteiger partial charge in [-0.15, -0.1) is 0 Å². The minimum atomic E-state index is -5.50. The second-order valence-corrected chi connectivity index (χ2v) is 9.95. The summed E-state index contributed by atoms with van der Waals surface area (Å²) in [5, 5.41) is 11.5. The van der Waals surface area contributed by atoms with E-state index in [0.29, 0.717) is 6.07 Å². The van der Waals surface area contributed by atoms with Gasteiger partial charge in [0.25, 0.3) is 0 Å². The Balaban J connectivity index is 1.72. The lowest BCUT2D eigenvalue weighted by Gasteiger charge is -2.32. The molecule has 4 aromatic rings. The van der Waals surface area contributed by atoms with Gasteiger partial charge in [0.05, 0.1) is 12.8 Å². The smallest absolute Gasteiger partial charge is 0.423 e. The maximum absolute atomic E-state index is 14.7. The van der Waals surface area contributed by atoms with E-state index < -0.39 is 70.9 Å². The molecule has 0 unspecified atom stereocenters. The van der Waals surface area contributed by atoms with Gasteiger partial charge in [-0.3, -0.25) is 4.79 Å². The van der Waals surface area contributed by atoms with Crippen LogP contribution in [0, 0.1) is 5.82 Å². The number of methoxy groups -OCH3 is 1. The Morgan fingerprint density at radius 1 is 1.05 bits per heavy atom. The van der Waals surface area contributed by atoms with Gasteiger partial charge in [-0.25, -0.2) is 14.4 Å². The molecule has 0 fully saturated rings. The van der Waals surface area contributed by atoms with E-state index in [1.807, 2.05) is 0 Å². The van der Waals surface area contributed by atoms with Gasteiger partial charge in [-0.2, -0.15) is 26.3 Å². The first-order valence-corrected chi connectivity index (χ1v) is 12.4. The van der Waals surface area contributed by atoms with Crippen molar-refractivity contribution < 1.29 is 50.1 Å². The van der Waals surface area contributed by atoms with E-state index in [9.17, 15) is 40.6 Å². The van der Waals surface area contributed by atoms with Crippen molar-refractivity contribution in [1.29, 1.82) is 0 Å². The van der Waals surface area contributed by atoms with Gasteiger partial charge in [-0.1, -0.05) is 6.07 Å². The number of benzene rings is 2. The predicted octanol–water partition coefficient (Wildman–Crippen LogP) is 4.64. The highest BCUT2D eigenvalue weighted by Gasteiger charge is 2.61. The summed E-state index contributed by atoms with van der Waals surface area (Å²) in [7, 11) is 1.23. The third-order valence-corrected chi connectivity index (χ3v) is 7.17. The monoisotopic (exact) mass is 610 g/mol. The highest BCUT2D eigenvalue weighted by molar-refractivity contribution is 5.99. The first kappa shape index (κ1) is 30.0. The Morgan fingerprint density at radius 3 is 2.30 bits per heavy atom. The van der Waals surface area contributed by atoms with Crippen LogP contribution in [0.2, 0.25) is 0 Å². The number of carbonyl (C=O) groups excluding carboxylic acids is 1. The fourth-order valence-corrected chi connectivity index (χ4v) is 4.76. The minimum absolute atomic E-state index is 0.00630. The average molecular weight is 610 g/mol. The molecule has 226 valence electrons. The summed E-state index contributed by atoms with van der Waals surface area (Å²) in [4.78, 5) is 19.7. The number of fused-ring (bicyclic) bond motifs is 2. The SMILES string of the molecule is COc1cc(C(N)=O)cc2ccc(C[C@](O)(c3cc4c(c(-c5ccc(F)cc5)n3)OC[C@@]4(N)C(F)(F)F)C(F)(F)F)nc12. The largest absolute Gasteiger partial charge is 0.494 e. The minimum Gasteiger partial charge on any atom is -0.494 e. The fraction of sp³-hybridized carbons (Fsp3) is 0.250. The molecular formula is C28H21F7N4O4. The lowest BCUT2D eigenvalue weighted by atomic mass is 9.86. The number of nitrogens with two attached hydrogens (primary N) is 2. The molecule has 3 heterocycles. The second kappa shape index (κ2) is 10.1. The maximum Gasteiger partial charge on any atom is 0.423 e. The number of hydrogen-bond donors (Lipinski definition) is 3. The van der Waals surface area contributed by atoms with Gasteiger partial charge in [0.1, 0.15) is 29.4 Å². The molecule has 1 amide bonds. The first-order valence-electron chi connectivity index (χ1n) is 12.4. The van der Waals surface area contributed by atoms with E-state index in [-0.39, 0.29) is 33.5 Å². The molecule has 5 rings (SSSR count). The third-order valence-electron chi connectivity index (χ3n) is 7.17. The summed E-state index contributed by atoms with van der Waals surface area (Å²) in [6, 6.07) is 9.44. The lowest BCUT2D eigenvalue weighted by Crippen LogP contribution is -2.52. The topological polar surface area (TPSA) is 134 Å². The Labute approximate surface area is 238 Å². The van der Waals surface area contributed by atoms with Crippen LogP contribution in [0.5, 0.6) is 11.5 Å². The van der Waals surface area contributed by atoms with Crippen LogP contribution >= 0.6 is 0 Å². The molecule has 43 heavy (non-hydrogen) atoms. The molecule has 0 saturated carbocycles. The highest BCUT2D eigenvalue weighted by Crippen LogP contribution is 2.51. The number of ether oxygens (including phenoxy) is 2. The summed E-state index contributed by atoms with van der Waals surface area (Å²) in [6.07, 6.45) is -12.0. The molecule has 0 spiro atoms. The van der Waals surface area contributed by atoms with Crippen molar-refractivity contribution in [2.75, 3.05) is 13.7 Å². The van der Waals surface area contributed by atoms with E-state index in [1.165, 1.54) is 25.3 Å². The van der Waals surface area contributed by atoms with Gasteiger partial charge < -0.3 is 26.0 Å². The quantitative estimate of drug-likeness (QED) is 0.271. The summed E-state index contributed by atoms with van der Waals surface area (Å²) < 4.78 is 110. The maximum atomic E-state index is 14.7. The molecule has 5 N–H and O–H groups in total. The van der Waals surface area contributed by atoms with Crippen LogP contribution in [-0.2, 0) is 17.6 Å². The Kier molecular flexibility index (Phi) is 7.01. The van der Waals surface area contributed by atoms with Crippen LogP contribution in [0.4, 0.5) is 30.7 Å². The van der Waals surface area contributed by atoms with Crippen LogP contribution in [0.1, 0.15) is 27.3 Å². The van der Waals surface area contributed by atoms with Crippen molar-refractivity contribution >= 4 is 16.8 Å². The number of alkyl halides is 6. The summed E-state index contributed by atoms with van der Waals surface area (Å²) >= 11 is 0. The van der Waals surface area contributed by atoms with Crippen molar-refractivity contribution in [2.45, 2.75) is 29.9 Å². The zero-order valence-corrected chi connectivity index (χ0v) is 22.0. The molecule has 2 aromatic carbocycles. The number of aliphatic hydroxyl groups is 1. The molecule has 1 aliphatic heterocycles. The standard InChI is InChI=1S/C28H21F7N4O4/c1-42-19-9-15(24(36)40)8-14-4-7-17(38-21(14)19)11-26(41,28(33,34)35)20-10-18-23(43-12-25(18,37)27(30,31)32)22(39-20)13-2-5-16(29)6-3-13/h2-10,41H,11-12,37H2,1H3,(H2,36,40)/t25-,26-/m0/s1. The number of carbonyl (C=O) groups is 1. The molecule has 0 radical (unpaired) electrons. The molecule has 8 nitrogen and oxygen atoms in total. The van der Waals surface area contributed by atoms with Crippen molar-refractivity contribution in [1.82, 2.24) is 9.97 Å². The summed E-state index contributed by atoms with van der Waals surface area (Å²) in [5.74, 6) is -2.09. The Morgan fingerprint density at radius 2 is 1.72 bits per heavy atom. The molecule has 0 aliphatic carbocycles. The third kappa shape index (κ3) is 4.97. The predicted molar refractivity (Wildman–Crippen MR) is 138 cm³/mol. The number of hydrogen-bond acceptors (Lipinski definition) is 7. The van der Waals surface area contributed by atoms with Gasteiger partial charge >= 0.3 is 12.4 Å². The second-order valence-electron chi connectivity index (χ2n) is 9.95. The number of pyridine rings is 2. The van der Waals surface area contributed by atoms with Crippen LogP contribution in [-0.4, -0.2) is 47.1 Å². The van der Waals surface area contributed by atoms with Crippen LogP contribution in [0.15, 0.2) is 54.6 Å². The molecular weight excluding hydrogens is 589 g/mol. The van der Waals surface area contributed by atoms with Gasteiger partial charge in [0.2, 0.25) is 11.5 Å². The molecule has 0 bridgehead atoms. The van der Waals surface area contributed by atoms with Crippen molar-refractivity contribution in [3.8, 4) is 22.8 Å². The number of halogens is 7.